The summed E-state index contributed by atoms with van der Waals surface area (Å²) < 4.78 is 7.15. The Morgan fingerprint density at radius 1 is 1.20 bits per heavy atom. The van der Waals surface area contributed by atoms with Gasteiger partial charge in [0.15, 0.2) is 0 Å². The van der Waals surface area contributed by atoms with Crippen LogP contribution in [0.3, 0.4) is 0 Å². The lowest BCUT2D eigenvalue weighted by Gasteiger charge is -2.32. The molecule has 0 saturated heterocycles. The fourth-order valence-corrected chi connectivity index (χ4v) is 2.96. The lowest BCUT2D eigenvalue weighted by Crippen LogP contribution is -2.37. The summed E-state index contributed by atoms with van der Waals surface area (Å²) in [7, 11) is 0. The van der Waals surface area contributed by atoms with Gasteiger partial charge in [-0.05, 0) is 19.8 Å². The van der Waals surface area contributed by atoms with Gasteiger partial charge in [-0.1, -0.05) is 54.7 Å². The summed E-state index contributed by atoms with van der Waals surface area (Å²) in [5.74, 6) is 0.604. The second-order valence-electron chi connectivity index (χ2n) is 4.80. The number of ether oxygens (including phenoxy) is 1. The average molecular weight is 345 g/mol. The van der Waals surface area contributed by atoms with Crippen LogP contribution in [0.5, 0.6) is 0 Å². The lowest BCUT2D eigenvalue weighted by atomic mass is 9.98. The highest BCUT2D eigenvalue weighted by Gasteiger charge is 2.26. The Balaban J connectivity index is 2.39. The predicted octanol–water partition coefficient (Wildman–Crippen LogP) is 4.55. The molecule has 1 atom stereocenters. The lowest BCUT2D eigenvalue weighted by molar-refractivity contribution is -0.0622. The summed E-state index contributed by atoms with van der Waals surface area (Å²) in [6.45, 7) is 2.13. The zero-order chi connectivity index (χ0) is 11.1. The van der Waals surface area contributed by atoms with E-state index in [0.29, 0.717) is 12.0 Å². The third-order valence-electron chi connectivity index (χ3n) is 3.07. The van der Waals surface area contributed by atoms with E-state index in [9.17, 15) is 0 Å². The fourth-order valence-electron chi connectivity index (χ4n) is 2.04. The Morgan fingerprint density at radius 2 is 1.73 bits per heavy atom. The molecule has 0 amide bonds. The zero-order valence-electron chi connectivity index (χ0n) is 9.61. The topological polar surface area (TPSA) is 9.23 Å². The molecule has 0 aliphatic heterocycles. The number of alkyl halides is 2. The van der Waals surface area contributed by atoms with Crippen molar-refractivity contribution in [1.29, 1.82) is 0 Å². The standard InChI is InChI=1S/C12H22ClIO/c1-12(9-13,10-14)15-11-7-5-3-2-4-6-8-11/h11H,2-10H2,1H3. The van der Waals surface area contributed by atoms with E-state index < -0.39 is 0 Å². The molecule has 0 bridgehead atoms. The van der Waals surface area contributed by atoms with Gasteiger partial charge in [0.2, 0.25) is 0 Å². The minimum Gasteiger partial charge on any atom is -0.370 e. The van der Waals surface area contributed by atoms with Crippen LogP contribution in [0.2, 0.25) is 0 Å². The monoisotopic (exact) mass is 344 g/mol. The fraction of sp³-hybridized carbons (Fsp3) is 1.00. The molecule has 0 heterocycles. The molecule has 0 aromatic rings. The van der Waals surface area contributed by atoms with Crippen LogP contribution >= 0.6 is 34.2 Å². The van der Waals surface area contributed by atoms with E-state index in [2.05, 4.69) is 29.5 Å². The summed E-state index contributed by atoms with van der Waals surface area (Å²) in [6.07, 6.45) is 9.71. The Labute approximate surface area is 112 Å². The number of halogens is 2. The number of rotatable bonds is 4. The van der Waals surface area contributed by atoms with Gasteiger partial charge in [-0.3, -0.25) is 0 Å². The van der Waals surface area contributed by atoms with Gasteiger partial charge in [0.1, 0.15) is 0 Å². The SMILES string of the molecule is CC(CCl)(CI)OC1CCCCCCC1. The molecule has 0 aromatic heterocycles. The quantitative estimate of drug-likeness (QED) is 0.537. The van der Waals surface area contributed by atoms with Gasteiger partial charge in [0.05, 0.1) is 17.6 Å². The first-order valence-corrected chi connectivity index (χ1v) is 8.06. The second kappa shape index (κ2) is 7.33. The second-order valence-corrected chi connectivity index (χ2v) is 5.83. The van der Waals surface area contributed by atoms with E-state index in [0.717, 1.165) is 4.43 Å². The third-order valence-corrected chi connectivity index (χ3v) is 5.25. The smallest absolute Gasteiger partial charge is 0.0881 e. The van der Waals surface area contributed by atoms with Crippen molar-refractivity contribution >= 4 is 34.2 Å². The molecule has 90 valence electrons. The molecule has 3 heteroatoms. The Morgan fingerprint density at radius 3 is 2.20 bits per heavy atom. The highest BCUT2D eigenvalue weighted by molar-refractivity contribution is 14.1. The molecular formula is C12H22ClIO. The summed E-state index contributed by atoms with van der Waals surface area (Å²) >= 11 is 8.34. The van der Waals surface area contributed by atoms with Crippen LogP contribution in [0.1, 0.15) is 51.9 Å². The van der Waals surface area contributed by atoms with Gasteiger partial charge in [-0.15, -0.1) is 11.6 Å². The molecular weight excluding hydrogens is 322 g/mol. The minimum absolute atomic E-state index is 0.119. The third kappa shape index (κ3) is 5.22. The summed E-state index contributed by atoms with van der Waals surface area (Å²) in [4.78, 5) is 0. The van der Waals surface area contributed by atoms with Crippen molar-refractivity contribution in [3.63, 3.8) is 0 Å². The molecule has 1 nitrogen and oxygen atoms in total. The van der Waals surface area contributed by atoms with Crippen LogP contribution in [0.25, 0.3) is 0 Å². The molecule has 1 unspecified atom stereocenters. The molecule has 1 rings (SSSR count). The van der Waals surface area contributed by atoms with Crippen molar-refractivity contribution in [2.45, 2.75) is 63.6 Å². The van der Waals surface area contributed by atoms with Gasteiger partial charge >= 0.3 is 0 Å². The minimum atomic E-state index is -0.119. The maximum Gasteiger partial charge on any atom is 0.0881 e. The average Bonchev–Trinajstić information content (AvgIpc) is 2.22. The van der Waals surface area contributed by atoms with E-state index in [1.165, 1.54) is 44.9 Å². The predicted molar refractivity (Wildman–Crippen MR) is 75.2 cm³/mol. The zero-order valence-corrected chi connectivity index (χ0v) is 12.5. The molecule has 0 aromatic carbocycles. The molecule has 0 spiro atoms. The van der Waals surface area contributed by atoms with Crippen molar-refractivity contribution in [3.8, 4) is 0 Å². The van der Waals surface area contributed by atoms with E-state index in [-0.39, 0.29) is 5.60 Å². The summed E-state index contributed by atoms with van der Waals surface area (Å²) in [5.41, 5.74) is -0.119. The molecule has 1 aliphatic carbocycles. The first kappa shape index (κ1) is 14.0. The van der Waals surface area contributed by atoms with Crippen LogP contribution in [-0.4, -0.2) is 22.0 Å². The molecule has 0 radical (unpaired) electrons. The van der Waals surface area contributed by atoms with E-state index >= 15 is 0 Å². The molecule has 0 N–H and O–H groups in total. The van der Waals surface area contributed by atoms with Crippen molar-refractivity contribution in [2.24, 2.45) is 0 Å². The maximum atomic E-state index is 6.17. The van der Waals surface area contributed by atoms with Gasteiger partial charge in [-0.25, -0.2) is 0 Å². The Kier molecular flexibility index (Phi) is 6.87. The summed E-state index contributed by atoms with van der Waals surface area (Å²) in [6, 6.07) is 0. The van der Waals surface area contributed by atoms with Crippen molar-refractivity contribution in [1.82, 2.24) is 0 Å². The van der Waals surface area contributed by atoms with Crippen molar-refractivity contribution in [3.05, 3.63) is 0 Å². The van der Waals surface area contributed by atoms with Crippen LogP contribution in [0, 0.1) is 0 Å². The van der Waals surface area contributed by atoms with Gasteiger partial charge in [0.25, 0.3) is 0 Å². The van der Waals surface area contributed by atoms with Crippen molar-refractivity contribution < 1.29 is 4.74 Å². The Hall–Kier alpha value is 0.980. The van der Waals surface area contributed by atoms with Crippen LogP contribution in [-0.2, 0) is 4.74 Å². The van der Waals surface area contributed by atoms with E-state index in [1.54, 1.807) is 0 Å². The summed E-state index contributed by atoms with van der Waals surface area (Å²) in [5, 5.41) is 0. The van der Waals surface area contributed by atoms with Crippen molar-refractivity contribution in [2.75, 3.05) is 10.3 Å². The van der Waals surface area contributed by atoms with E-state index in [4.69, 9.17) is 16.3 Å². The first-order chi connectivity index (χ1) is 7.20. The van der Waals surface area contributed by atoms with Gasteiger partial charge in [0, 0.05) is 4.43 Å². The number of hydrogen-bond donors (Lipinski definition) is 0. The number of hydrogen-bond acceptors (Lipinski definition) is 1. The van der Waals surface area contributed by atoms with Gasteiger partial charge in [-0.2, -0.15) is 0 Å². The first-order valence-electron chi connectivity index (χ1n) is 6.00. The maximum absolute atomic E-state index is 6.17. The molecule has 1 aliphatic rings. The normalized spacial score (nSPS) is 24.2. The van der Waals surface area contributed by atoms with Crippen LogP contribution in [0.4, 0.5) is 0 Å². The van der Waals surface area contributed by atoms with Crippen LogP contribution in [0.15, 0.2) is 0 Å². The highest BCUT2D eigenvalue weighted by atomic mass is 127. The molecule has 1 saturated carbocycles. The largest absolute Gasteiger partial charge is 0.370 e. The Bertz CT molecular complexity index is 163. The van der Waals surface area contributed by atoms with Gasteiger partial charge < -0.3 is 4.74 Å². The van der Waals surface area contributed by atoms with Crippen LogP contribution < -0.4 is 0 Å². The highest BCUT2D eigenvalue weighted by Crippen LogP contribution is 2.26. The van der Waals surface area contributed by atoms with E-state index in [1.807, 2.05) is 0 Å². The molecule has 15 heavy (non-hydrogen) atoms. The molecule has 1 fully saturated rings.